The van der Waals surface area contributed by atoms with Gasteiger partial charge in [0.15, 0.2) is 0 Å². The number of likely N-dealkylation sites (N-methyl/N-ethyl adjacent to an activating group) is 1. The van der Waals surface area contributed by atoms with E-state index in [4.69, 9.17) is 45.5 Å². The summed E-state index contributed by atoms with van der Waals surface area (Å²) in [6.45, 7) is 7.96. The van der Waals surface area contributed by atoms with Gasteiger partial charge in [-0.2, -0.15) is 8.42 Å². The second-order valence-electron chi connectivity index (χ2n) is 8.91. The highest BCUT2D eigenvalue weighted by atomic mass is 35.5. The molecule has 3 N–H and O–H groups in total. The Balaban J connectivity index is 0.000000771. The topological polar surface area (TPSA) is 125 Å². The maximum Gasteiger partial charge on any atom is 0.394 e. The van der Waals surface area contributed by atoms with Crippen molar-refractivity contribution < 1.29 is 22.3 Å². The van der Waals surface area contributed by atoms with E-state index in [0.29, 0.717) is 22.7 Å². The standard InChI is InChI=1S/C27H30Cl2N4O.H2O4S/c1-3-33(15-16-34-27-11-13-31-26-18-21(29)7-9-23(26)27)14-4-5-19(2)32-24-10-12-30-25-17-20(28)6-8-22(24)25;1-5(2,3)4/h6-13,17-19H,3-5,14-16H2,1-2H3,(H,30,32);(H2,1,2,3,4). The molecule has 0 saturated carbocycles. The van der Waals surface area contributed by atoms with Crippen molar-refractivity contribution in [3.63, 3.8) is 0 Å². The third kappa shape index (κ3) is 10.4. The molecule has 1 unspecified atom stereocenters. The number of nitrogens with one attached hydrogen (secondary N) is 1. The fraction of sp³-hybridized carbons (Fsp3) is 0.333. The SMILES string of the molecule is CCN(CCCC(C)Nc1ccnc2cc(Cl)ccc12)CCOc1ccnc2cc(Cl)ccc12.O=S(=O)(O)O. The lowest BCUT2D eigenvalue weighted by atomic mass is 10.1. The number of fused-ring (bicyclic) bond motifs is 2. The van der Waals surface area contributed by atoms with Crippen molar-refractivity contribution in [3.05, 3.63) is 71.0 Å². The number of halogens is 2. The van der Waals surface area contributed by atoms with Gasteiger partial charge in [-0.25, -0.2) is 0 Å². The van der Waals surface area contributed by atoms with Crippen molar-refractivity contribution in [3.8, 4) is 5.75 Å². The van der Waals surface area contributed by atoms with Crippen molar-refractivity contribution in [1.29, 1.82) is 0 Å². The maximum absolute atomic E-state index is 8.74. The number of hydrogen-bond donors (Lipinski definition) is 3. The summed E-state index contributed by atoms with van der Waals surface area (Å²) in [6.07, 6.45) is 5.77. The molecule has 0 aliphatic heterocycles. The van der Waals surface area contributed by atoms with Crippen molar-refractivity contribution in [2.24, 2.45) is 0 Å². The molecular weight excluding hydrogens is 563 g/mol. The van der Waals surface area contributed by atoms with Crippen molar-refractivity contribution >= 4 is 61.1 Å². The molecule has 39 heavy (non-hydrogen) atoms. The number of aromatic nitrogens is 2. The Kier molecular flexibility index (Phi) is 11.5. The van der Waals surface area contributed by atoms with Gasteiger partial charge in [0.1, 0.15) is 12.4 Å². The average molecular weight is 596 g/mol. The Hall–Kier alpha value is -2.73. The fourth-order valence-electron chi connectivity index (χ4n) is 4.14. The number of hydrogen-bond acceptors (Lipinski definition) is 7. The van der Waals surface area contributed by atoms with E-state index in [1.165, 1.54) is 0 Å². The van der Waals surface area contributed by atoms with Gasteiger partial charge in [0.05, 0.1) is 11.0 Å². The maximum atomic E-state index is 8.74. The van der Waals surface area contributed by atoms with Crippen LogP contribution in [0.5, 0.6) is 5.75 Å². The quantitative estimate of drug-likeness (QED) is 0.169. The zero-order chi connectivity index (χ0) is 28.4. The molecule has 2 aromatic heterocycles. The second kappa shape index (κ2) is 14.6. The average Bonchev–Trinajstić information content (AvgIpc) is 2.86. The Morgan fingerprint density at radius 1 is 0.949 bits per heavy atom. The van der Waals surface area contributed by atoms with Gasteiger partial charge in [-0.3, -0.25) is 19.1 Å². The monoisotopic (exact) mass is 594 g/mol. The molecular formula is C27H32Cl2N4O5S. The van der Waals surface area contributed by atoms with E-state index in [9.17, 15) is 0 Å². The molecule has 210 valence electrons. The zero-order valence-corrected chi connectivity index (χ0v) is 24.0. The van der Waals surface area contributed by atoms with Crippen LogP contribution in [0.25, 0.3) is 21.8 Å². The van der Waals surface area contributed by atoms with Crippen LogP contribution >= 0.6 is 23.2 Å². The number of ether oxygens (including phenoxy) is 1. The van der Waals surface area contributed by atoms with Gasteiger partial charge < -0.3 is 15.0 Å². The lowest BCUT2D eigenvalue weighted by Crippen LogP contribution is -2.30. The molecule has 9 nitrogen and oxygen atoms in total. The van der Waals surface area contributed by atoms with E-state index in [-0.39, 0.29) is 0 Å². The molecule has 4 rings (SSSR count). The Labute approximate surface area is 238 Å². The van der Waals surface area contributed by atoms with Gasteiger partial charge in [0.25, 0.3) is 0 Å². The van der Waals surface area contributed by atoms with Crippen LogP contribution in [0, 0.1) is 0 Å². The van der Waals surface area contributed by atoms with Crippen LogP contribution < -0.4 is 10.1 Å². The summed E-state index contributed by atoms with van der Waals surface area (Å²) in [5, 5.41) is 7.11. The number of pyridine rings is 2. The number of nitrogens with zero attached hydrogens (tertiary/aromatic N) is 3. The van der Waals surface area contributed by atoms with E-state index in [1.54, 1.807) is 6.20 Å². The Morgan fingerprint density at radius 3 is 2.18 bits per heavy atom. The molecule has 12 heteroatoms. The minimum Gasteiger partial charge on any atom is -0.491 e. The van der Waals surface area contributed by atoms with Crippen molar-refractivity contribution in [2.75, 3.05) is 31.6 Å². The largest absolute Gasteiger partial charge is 0.491 e. The van der Waals surface area contributed by atoms with Crippen LogP contribution in [0.2, 0.25) is 10.0 Å². The van der Waals surface area contributed by atoms with Gasteiger partial charge in [-0.1, -0.05) is 30.1 Å². The predicted octanol–water partition coefficient (Wildman–Crippen LogP) is 6.42. The van der Waals surface area contributed by atoms with Gasteiger partial charge in [0.2, 0.25) is 0 Å². The molecule has 0 aliphatic carbocycles. The minimum absolute atomic E-state index is 0.353. The normalized spacial score (nSPS) is 12.3. The van der Waals surface area contributed by atoms with E-state index in [1.807, 2.05) is 54.7 Å². The smallest absolute Gasteiger partial charge is 0.394 e. The summed E-state index contributed by atoms with van der Waals surface area (Å²) in [7, 11) is -4.67. The first kappa shape index (κ1) is 30.8. The highest BCUT2D eigenvalue weighted by Gasteiger charge is 2.09. The summed E-state index contributed by atoms with van der Waals surface area (Å²) in [6, 6.07) is 15.8. The highest BCUT2D eigenvalue weighted by Crippen LogP contribution is 2.27. The summed E-state index contributed by atoms with van der Waals surface area (Å²) >= 11 is 12.2. The van der Waals surface area contributed by atoms with Crippen LogP contribution in [0.3, 0.4) is 0 Å². The minimum atomic E-state index is -4.67. The first-order chi connectivity index (χ1) is 18.5. The van der Waals surface area contributed by atoms with Crippen LogP contribution in [-0.4, -0.2) is 64.7 Å². The molecule has 2 aromatic carbocycles. The molecule has 0 fully saturated rings. The van der Waals surface area contributed by atoms with Crippen LogP contribution in [-0.2, 0) is 10.4 Å². The molecule has 1 atom stereocenters. The van der Waals surface area contributed by atoms with Crippen LogP contribution in [0.15, 0.2) is 60.9 Å². The molecule has 0 amide bonds. The van der Waals surface area contributed by atoms with Gasteiger partial charge in [-0.05, 0) is 81.4 Å². The molecule has 0 spiro atoms. The molecule has 4 aromatic rings. The first-order valence-electron chi connectivity index (χ1n) is 12.4. The molecule has 0 bridgehead atoms. The number of rotatable bonds is 11. The lowest BCUT2D eigenvalue weighted by molar-refractivity contribution is 0.213. The van der Waals surface area contributed by atoms with E-state index in [2.05, 4.69) is 34.0 Å². The summed E-state index contributed by atoms with van der Waals surface area (Å²) in [5.41, 5.74) is 2.86. The third-order valence-electron chi connectivity index (χ3n) is 6.00. The number of anilines is 1. The van der Waals surface area contributed by atoms with Gasteiger partial charge in [-0.15, -0.1) is 0 Å². The zero-order valence-electron chi connectivity index (χ0n) is 21.7. The van der Waals surface area contributed by atoms with Crippen LogP contribution in [0.1, 0.15) is 26.7 Å². The van der Waals surface area contributed by atoms with Crippen molar-refractivity contribution in [2.45, 2.75) is 32.7 Å². The van der Waals surface area contributed by atoms with Crippen LogP contribution in [0.4, 0.5) is 5.69 Å². The third-order valence-corrected chi connectivity index (χ3v) is 6.47. The lowest BCUT2D eigenvalue weighted by Gasteiger charge is -2.22. The Bertz CT molecular complexity index is 1480. The van der Waals surface area contributed by atoms with E-state index < -0.39 is 10.4 Å². The fourth-order valence-corrected chi connectivity index (χ4v) is 4.47. The molecule has 2 heterocycles. The molecule has 0 saturated heterocycles. The van der Waals surface area contributed by atoms with E-state index in [0.717, 1.165) is 65.7 Å². The number of benzene rings is 2. The second-order valence-corrected chi connectivity index (χ2v) is 10.7. The van der Waals surface area contributed by atoms with Crippen molar-refractivity contribution in [1.82, 2.24) is 14.9 Å². The highest BCUT2D eigenvalue weighted by molar-refractivity contribution is 7.79. The van der Waals surface area contributed by atoms with E-state index >= 15 is 0 Å². The summed E-state index contributed by atoms with van der Waals surface area (Å²) < 4.78 is 37.7. The first-order valence-corrected chi connectivity index (χ1v) is 14.6. The van der Waals surface area contributed by atoms with Gasteiger partial charge >= 0.3 is 10.4 Å². The van der Waals surface area contributed by atoms with Gasteiger partial charge in [0, 0.05) is 51.5 Å². The molecule has 0 radical (unpaired) electrons. The summed E-state index contributed by atoms with van der Waals surface area (Å²) in [4.78, 5) is 11.2. The summed E-state index contributed by atoms with van der Waals surface area (Å²) in [5.74, 6) is 0.849. The predicted molar refractivity (Wildman–Crippen MR) is 158 cm³/mol. The Morgan fingerprint density at radius 2 is 1.54 bits per heavy atom. The molecule has 0 aliphatic rings.